The van der Waals surface area contributed by atoms with Crippen molar-refractivity contribution in [1.82, 2.24) is 9.97 Å². The van der Waals surface area contributed by atoms with Crippen LogP contribution in [0.4, 0.5) is 15.8 Å². The zero-order chi connectivity index (χ0) is 24.8. The third-order valence-corrected chi connectivity index (χ3v) is 5.08. The van der Waals surface area contributed by atoms with E-state index < -0.39 is 11.8 Å². The van der Waals surface area contributed by atoms with Crippen molar-refractivity contribution in [2.24, 2.45) is 0 Å². The van der Waals surface area contributed by atoms with Gasteiger partial charge in [0.1, 0.15) is 11.6 Å². The molecule has 0 atom stereocenters. The molecule has 9 heteroatoms. The van der Waals surface area contributed by atoms with Crippen LogP contribution in [0, 0.1) is 5.82 Å². The van der Waals surface area contributed by atoms with Crippen LogP contribution in [0.2, 0.25) is 0 Å². The quantitative estimate of drug-likeness (QED) is 0.400. The lowest BCUT2D eigenvalue weighted by atomic mass is 10.1. The summed E-state index contributed by atoms with van der Waals surface area (Å²) in [6, 6.07) is 17.2. The van der Waals surface area contributed by atoms with Gasteiger partial charge in [-0.15, -0.1) is 0 Å². The molecule has 0 unspecified atom stereocenters. The van der Waals surface area contributed by atoms with Gasteiger partial charge in [0.15, 0.2) is 0 Å². The maximum absolute atomic E-state index is 14.0. The van der Waals surface area contributed by atoms with E-state index in [2.05, 4.69) is 20.6 Å². The lowest BCUT2D eigenvalue weighted by Crippen LogP contribution is -2.17. The van der Waals surface area contributed by atoms with Crippen molar-refractivity contribution < 1.29 is 23.5 Å². The SMILES string of the molecule is COc1cc(NC(=O)c2cc(C(=O)Nc3ccc(-c4ccccc4F)nc3)ccc2OC)ccn1. The molecule has 2 aromatic carbocycles. The molecule has 8 nitrogen and oxygen atoms in total. The van der Waals surface area contributed by atoms with Crippen molar-refractivity contribution in [3.8, 4) is 22.9 Å². The molecular weight excluding hydrogens is 451 g/mol. The molecule has 4 aromatic rings. The molecule has 0 aliphatic heterocycles. The smallest absolute Gasteiger partial charge is 0.259 e. The van der Waals surface area contributed by atoms with E-state index >= 15 is 0 Å². The Morgan fingerprint density at radius 1 is 0.829 bits per heavy atom. The molecule has 0 spiro atoms. The maximum Gasteiger partial charge on any atom is 0.259 e. The summed E-state index contributed by atoms with van der Waals surface area (Å²) >= 11 is 0. The van der Waals surface area contributed by atoms with E-state index in [4.69, 9.17) is 9.47 Å². The fourth-order valence-electron chi connectivity index (χ4n) is 3.32. The van der Waals surface area contributed by atoms with Crippen LogP contribution < -0.4 is 20.1 Å². The molecule has 35 heavy (non-hydrogen) atoms. The molecule has 0 bridgehead atoms. The van der Waals surface area contributed by atoms with Gasteiger partial charge in [0, 0.05) is 29.1 Å². The van der Waals surface area contributed by atoms with Crippen molar-refractivity contribution in [3.05, 3.63) is 96.1 Å². The first-order chi connectivity index (χ1) is 17.0. The number of benzene rings is 2. The zero-order valence-corrected chi connectivity index (χ0v) is 18.9. The van der Waals surface area contributed by atoms with Crippen molar-refractivity contribution in [2.45, 2.75) is 0 Å². The minimum atomic E-state index is -0.472. The van der Waals surface area contributed by atoms with E-state index in [9.17, 15) is 14.0 Å². The summed E-state index contributed by atoms with van der Waals surface area (Å²) in [5, 5.41) is 5.47. The van der Waals surface area contributed by atoms with Gasteiger partial charge in [0.05, 0.1) is 37.4 Å². The van der Waals surface area contributed by atoms with Crippen LogP contribution in [0.3, 0.4) is 0 Å². The number of carbonyl (C=O) groups is 2. The first-order valence-electron chi connectivity index (χ1n) is 10.5. The zero-order valence-electron chi connectivity index (χ0n) is 18.9. The Morgan fingerprint density at radius 3 is 2.34 bits per heavy atom. The van der Waals surface area contributed by atoms with Crippen LogP contribution in [0.15, 0.2) is 79.1 Å². The first kappa shape index (κ1) is 23.4. The van der Waals surface area contributed by atoms with Gasteiger partial charge in [-0.2, -0.15) is 0 Å². The highest BCUT2D eigenvalue weighted by Gasteiger charge is 2.17. The van der Waals surface area contributed by atoms with Gasteiger partial charge < -0.3 is 20.1 Å². The van der Waals surface area contributed by atoms with E-state index in [0.29, 0.717) is 34.3 Å². The van der Waals surface area contributed by atoms with Gasteiger partial charge in [0.25, 0.3) is 11.8 Å². The number of aromatic nitrogens is 2. The van der Waals surface area contributed by atoms with Gasteiger partial charge in [-0.25, -0.2) is 9.37 Å². The molecule has 0 aliphatic rings. The fraction of sp³-hybridized carbons (Fsp3) is 0.0769. The van der Waals surface area contributed by atoms with Crippen LogP contribution >= 0.6 is 0 Å². The molecular formula is C26H21FN4O4. The number of amides is 2. The van der Waals surface area contributed by atoms with Gasteiger partial charge >= 0.3 is 0 Å². The van der Waals surface area contributed by atoms with Crippen LogP contribution in [-0.2, 0) is 0 Å². The highest BCUT2D eigenvalue weighted by Crippen LogP contribution is 2.24. The predicted octanol–water partition coefficient (Wildman–Crippen LogP) is 4.80. The first-order valence-corrected chi connectivity index (χ1v) is 10.5. The summed E-state index contributed by atoms with van der Waals surface area (Å²) in [5.74, 6) is -0.659. The Labute approximate surface area is 200 Å². The van der Waals surface area contributed by atoms with Gasteiger partial charge in [-0.05, 0) is 48.5 Å². The minimum Gasteiger partial charge on any atom is -0.496 e. The van der Waals surface area contributed by atoms with Gasteiger partial charge in [-0.1, -0.05) is 12.1 Å². The normalized spacial score (nSPS) is 10.4. The molecule has 2 N–H and O–H groups in total. The molecule has 0 fully saturated rings. The highest BCUT2D eigenvalue weighted by molar-refractivity contribution is 6.10. The summed E-state index contributed by atoms with van der Waals surface area (Å²) in [4.78, 5) is 34.0. The van der Waals surface area contributed by atoms with E-state index in [1.165, 1.54) is 44.8 Å². The minimum absolute atomic E-state index is 0.170. The molecule has 0 radical (unpaired) electrons. The Bertz CT molecular complexity index is 1380. The number of pyridine rings is 2. The Morgan fingerprint density at radius 2 is 1.63 bits per heavy atom. The fourth-order valence-corrected chi connectivity index (χ4v) is 3.32. The molecule has 176 valence electrons. The number of carbonyl (C=O) groups excluding carboxylic acids is 2. The number of hydrogen-bond acceptors (Lipinski definition) is 6. The number of hydrogen-bond donors (Lipinski definition) is 2. The second-order valence-electron chi connectivity index (χ2n) is 7.32. The third kappa shape index (κ3) is 5.41. The number of rotatable bonds is 7. The van der Waals surface area contributed by atoms with Crippen molar-refractivity contribution in [2.75, 3.05) is 24.9 Å². The molecule has 0 saturated carbocycles. The van der Waals surface area contributed by atoms with Crippen molar-refractivity contribution in [3.63, 3.8) is 0 Å². The second kappa shape index (κ2) is 10.4. The number of methoxy groups -OCH3 is 2. The van der Waals surface area contributed by atoms with E-state index in [-0.39, 0.29) is 16.9 Å². The average Bonchev–Trinajstić information content (AvgIpc) is 2.89. The lowest BCUT2D eigenvalue weighted by molar-refractivity contribution is 0.102. The largest absolute Gasteiger partial charge is 0.496 e. The number of ether oxygens (including phenoxy) is 2. The van der Waals surface area contributed by atoms with E-state index in [0.717, 1.165) is 0 Å². The van der Waals surface area contributed by atoms with Gasteiger partial charge in [0.2, 0.25) is 5.88 Å². The van der Waals surface area contributed by atoms with Crippen LogP contribution in [0.25, 0.3) is 11.3 Å². The van der Waals surface area contributed by atoms with Crippen molar-refractivity contribution in [1.29, 1.82) is 0 Å². The monoisotopic (exact) mass is 472 g/mol. The third-order valence-electron chi connectivity index (χ3n) is 5.08. The molecule has 0 aliphatic carbocycles. The maximum atomic E-state index is 14.0. The van der Waals surface area contributed by atoms with Crippen LogP contribution in [0.5, 0.6) is 11.6 Å². The Balaban J connectivity index is 1.51. The van der Waals surface area contributed by atoms with Gasteiger partial charge in [-0.3, -0.25) is 14.6 Å². The van der Waals surface area contributed by atoms with E-state index in [1.807, 2.05) is 0 Å². The topological polar surface area (TPSA) is 102 Å². The summed E-state index contributed by atoms with van der Waals surface area (Å²) < 4.78 is 24.4. The molecule has 4 rings (SSSR count). The van der Waals surface area contributed by atoms with E-state index in [1.54, 1.807) is 48.5 Å². The number of nitrogens with zero attached hydrogens (tertiary/aromatic N) is 2. The standard InChI is InChI=1S/C26H21FN4O4/c1-34-23-10-7-16(13-20(23)26(33)30-17-11-12-28-24(14-17)35-2)25(32)31-18-8-9-22(29-15-18)19-5-3-4-6-21(19)27/h3-15H,1-2H3,(H,31,32)(H,28,30,33). The Kier molecular flexibility index (Phi) is 6.96. The van der Waals surface area contributed by atoms with Crippen LogP contribution in [0.1, 0.15) is 20.7 Å². The number of nitrogens with one attached hydrogen (secondary N) is 2. The molecule has 0 saturated heterocycles. The highest BCUT2D eigenvalue weighted by atomic mass is 19.1. The second-order valence-corrected chi connectivity index (χ2v) is 7.32. The summed E-state index contributed by atoms with van der Waals surface area (Å²) in [7, 11) is 2.91. The molecule has 2 aromatic heterocycles. The lowest BCUT2D eigenvalue weighted by Gasteiger charge is -2.12. The summed E-state index contributed by atoms with van der Waals surface area (Å²) in [5.41, 5.74) is 2.10. The van der Waals surface area contributed by atoms with Crippen molar-refractivity contribution >= 4 is 23.2 Å². The number of anilines is 2. The van der Waals surface area contributed by atoms with Crippen LogP contribution in [-0.4, -0.2) is 36.0 Å². The Hall–Kier alpha value is -4.79. The average molecular weight is 472 g/mol. The summed E-state index contributed by atoms with van der Waals surface area (Å²) in [6.45, 7) is 0. The number of halogens is 1. The molecule has 2 amide bonds. The summed E-state index contributed by atoms with van der Waals surface area (Å²) in [6.07, 6.45) is 2.94. The molecule has 2 heterocycles. The predicted molar refractivity (Wildman–Crippen MR) is 129 cm³/mol.